The molecule has 16 heavy (non-hydrogen) atoms. The average molecular weight is 281 g/mol. The van der Waals surface area contributed by atoms with Gasteiger partial charge in [-0.25, -0.2) is 0 Å². The molecule has 1 atom stereocenters. The Bertz CT molecular complexity index is 488. The summed E-state index contributed by atoms with van der Waals surface area (Å²) in [7, 11) is 1.83. The van der Waals surface area contributed by atoms with Crippen molar-refractivity contribution >= 4 is 15.9 Å². The fourth-order valence-corrected chi connectivity index (χ4v) is 1.86. The van der Waals surface area contributed by atoms with E-state index < -0.39 is 5.60 Å². The van der Waals surface area contributed by atoms with Gasteiger partial charge in [0.05, 0.1) is 5.69 Å². The lowest BCUT2D eigenvalue weighted by Gasteiger charge is -2.21. The molecule has 1 aromatic carbocycles. The van der Waals surface area contributed by atoms with Gasteiger partial charge in [0.1, 0.15) is 5.60 Å². The van der Waals surface area contributed by atoms with Gasteiger partial charge in [0.25, 0.3) is 0 Å². The van der Waals surface area contributed by atoms with E-state index in [4.69, 9.17) is 0 Å². The second-order valence-electron chi connectivity index (χ2n) is 3.95. The Hall–Kier alpha value is -1.13. The van der Waals surface area contributed by atoms with E-state index in [1.807, 2.05) is 43.6 Å². The topological polar surface area (TPSA) is 38.0 Å². The summed E-state index contributed by atoms with van der Waals surface area (Å²) in [5.74, 6) is 0. The van der Waals surface area contributed by atoms with Crippen LogP contribution in [0.25, 0.3) is 0 Å². The average Bonchev–Trinajstić information content (AvgIpc) is 2.66. The number of benzene rings is 1. The van der Waals surface area contributed by atoms with Crippen molar-refractivity contribution in [1.29, 1.82) is 0 Å². The number of aryl methyl sites for hydroxylation is 1. The normalized spacial score (nSPS) is 14.8. The first-order chi connectivity index (χ1) is 7.50. The maximum Gasteiger partial charge on any atom is 0.130 e. The summed E-state index contributed by atoms with van der Waals surface area (Å²) in [6.45, 7) is 1.75. The Balaban J connectivity index is 2.42. The van der Waals surface area contributed by atoms with Gasteiger partial charge in [-0.2, -0.15) is 5.10 Å². The molecule has 0 aliphatic carbocycles. The predicted molar refractivity (Wildman–Crippen MR) is 66.0 cm³/mol. The summed E-state index contributed by atoms with van der Waals surface area (Å²) in [4.78, 5) is 0. The first-order valence-corrected chi connectivity index (χ1v) is 5.78. The van der Waals surface area contributed by atoms with E-state index in [-0.39, 0.29) is 0 Å². The van der Waals surface area contributed by atoms with Crippen LogP contribution in [-0.4, -0.2) is 14.9 Å². The second kappa shape index (κ2) is 4.03. The van der Waals surface area contributed by atoms with Gasteiger partial charge >= 0.3 is 0 Å². The van der Waals surface area contributed by atoms with Crippen molar-refractivity contribution < 1.29 is 5.11 Å². The maximum absolute atomic E-state index is 10.5. The van der Waals surface area contributed by atoms with Crippen LogP contribution in [0.15, 0.2) is 41.0 Å². The van der Waals surface area contributed by atoms with Crippen molar-refractivity contribution in [2.24, 2.45) is 7.05 Å². The molecule has 0 bridgehead atoms. The molecule has 4 heteroatoms. The second-order valence-corrected chi connectivity index (χ2v) is 4.87. The van der Waals surface area contributed by atoms with E-state index in [2.05, 4.69) is 21.0 Å². The largest absolute Gasteiger partial charge is 0.379 e. The molecule has 2 rings (SSSR count). The highest BCUT2D eigenvalue weighted by Crippen LogP contribution is 2.28. The monoisotopic (exact) mass is 280 g/mol. The van der Waals surface area contributed by atoms with Crippen molar-refractivity contribution in [1.82, 2.24) is 9.78 Å². The van der Waals surface area contributed by atoms with Crippen LogP contribution < -0.4 is 0 Å². The predicted octanol–water partition coefficient (Wildman–Crippen LogP) is 2.44. The highest BCUT2D eigenvalue weighted by atomic mass is 79.9. The number of aliphatic hydroxyl groups is 1. The van der Waals surface area contributed by atoms with Crippen LogP contribution in [0.4, 0.5) is 0 Å². The van der Waals surface area contributed by atoms with Gasteiger partial charge in [0.15, 0.2) is 0 Å². The number of rotatable bonds is 2. The summed E-state index contributed by atoms with van der Waals surface area (Å²) in [6, 6.07) is 9.42. The van der Waals surface area contributed by atoms with E-state index in [1.165, 1.54) is 0 Å². The third-order valence-electron chi connectivity index (χ3n) is 2.62. The highest BCUT2D eigenvalue weighted by molar-refractivity contribution is 9.10. The zero-order chi connectivity index (χ0) is 11.8. The first kappa shape index (κ1) is 11.4. The minimum Gasteiger partial charge on any atom is -0.379 e. The van der Waals surface area contributed by atoms with Crippen molar-refractivity contribution in [3.63, 3.8) is 0 Å². The Morgan fingerprint density at radius 2 is 1.88 bits per heavy atom. The van der Waals surface area contributed by atoms with Gasteiger partial charge in [-0.15, -0.1) is 0 Å². The van der Waals surface area contributed by atoms with Crippen molar-refractivity contribution in [3.05, 3.63) is 52.3 Å². The first-order valence-electron chi connectivity index (χ1n) is 4.98. The Kier molecular flexibility index (Phi) is 2.86. The van der Waals surface area contributed by atoms with Crippen molar-refractivity contribution in [3.8, 4) is 0 Å². The van der Waals surface area contributed by atoms with Gasteiger partial charge in [-0.3, -0.25) is 4.68 Å². The molecule has 1 heterocycles. The van der Waals surface area contributed by atoms with E-state index in [1.54, 1.807) is 11.6 Å². The van der Waals surface area contributed by atoms with Gasteiger partial charge in [-0.05, 0) is 30.7 Å². The summed E-state index contributed by atoms with van der Waals surface area (Å²) < 4.78 is 2.68. The molecular weight excluding hydrogens is 268 g/mol. The van der Waals surface area contributed by atoms with Crippen molar-refractivity contribution in [2.45, 2.75) is 12.5 Å². The Morgan fingerprint density at radius 1 is 1.25 bits per heavy atom. The quantitative estimate of drug-likeness (QED) is 0.918. The summed E-state index contributed by atoms with van der Waals surface area (Å²) in [5, 5.41) is 14.7. The lowest BCUT2D eigenvalue weighted by atomic mass is 9.93. The van der Waals surface area contributed by atoms with Crippen LogP contribution in [0, 0.1) is 0 Å². The molecule has 0 spiro atoms. The zero-order valence-electron chi connectivity index (χ0n) is 9.18. The van der Waals surface area contributed by atoms with Crippen LogP contribution in [0.2, 0.25) is 0 Å². The lowest BCUT2D eigenvalue weighted by Crippen LogP contribution is -2.23. The molecule has 3 nitrogen and oxygen atoms in total. The fraction of sp³-hybridized carbons (Fsp3) is 0.250. The fourth-order valence-electron chi connectivity index (χ4n) is 1.60. The molecule has 0 aliphatic heterocycles. The van der Waals surface area contributed by atoms with Gasteiger partial charge in [0, 0.05) is 17.7 Å². The molecular formula is C12H13BrN2O. The van der Waals surface area contributed by atoms with Crippen LogP contribution in [0.3, 0.4) is 0 Å². The third-order valence-corrected chi connectivity index (χ3v) is 3.15. The Labute approximate surface area is 103 Å². The molecule has 1 unspecified atom stereocenters. The highest BCUT2D eigenvalue weighted by Gasteiger charge is 2.27. The smallest absolute Gasteiger partial charge is 0.130 e. The molecule has 2 aromatic rings. The molecule has 0 radical (unpaired) electrons. The summed E-state index contributed by atoms with van der Waals surface area (Å²) >= 11 is 3.37. The van der Waals surface area contributed by atoms with Crippen LogP contribution in [0.5, 0.6) is 0 Å². The zero-order valence-corrected chi connectivity index (χ0v) is 10.8. The molecule has 1 aromatic heterocycles. The minimum absolute atomic E-state index is 0.650. The van der Waals surface area contributed by atoms with Crippen LogP contribution in [0.1, 0.15) is 18.2 Å². The number of hydrogen-bond acceptors (Lipinski definition) is 2. The molecule has 0 amide bonds. The number of aromatic nitrogens is 2. The maximum atomic E-state index is 10.5. The lowest BCUT2D eigenvalue weighted by molar-refractivity contribution is 0.0967. The molecule has 0 saturated heterocycles. The SMILES string of the molecule is Cn1ccc(C(C)(O)c2ccc(Br)cc2)n1. The molecule has 1 N–H and O–H groups in total. The standard InChI is InChI=1S/C12H13BrN2O/c1-12(16,11-7-8-15(2)14-11)9-3-5-10(13)6-4-9/h3-8,16H,1-2H3. The third kappa shape index (κ3) is 2.03. The minimum atomic E-state index is -1.05. The molecule has 0 aliphatic rings. The number of hydrogen-bond donors (Lipinski definition) is 1. The van der Waals surface area contributed by atoms with E-state index in [0.29, 0.717) is 5.69 Å². The Morgan fingerprint density at radius 3 is 2.38 bits per heavy atom. The van der Waals surface area contributed by atoms with Crippen LogP contribution in [-0.2, 0) is 12.6 Å². The van der Waals surface area contributed by atoms with Gasteiger partial charge in [-0.1, -0.05) is 28.1 Å². The summed E-state index contributed by atoms with van der Waals surface area (Å²) in [6.07, 6.45) is 1.82. The van der Waals surface area contributed by atoms with Crippen molar-refractivity contribution in [2.75, 3.05) is 0 Å². The molecule has 0 saturated carbocycles. The van der Waals surface area contributed by atoms with Gasteiger partial charge in [0.2, 0.25) is 0 Å². The van der Waals surface area contributed by atoms with E-state index in [0.717, 1.165) is 10.0 Å². The number of halogens is 1. The van der Waals surface area contributed by atoms with E-state index >= 15 is 0 Å². The van der Waals surface area contributed by atoms with E-state index in [9.17, 15) is 5.11 Å². The van der Waals surface area contributed by atoms with Gasteiger partial charge < -0.3 is 5.11 Å². The number of nitrogens with zero attached hydrogens (tertiary/aromatic N) is 2. The molecule has 84 valence electrons. The summed E-state index contributed by atoms with van der Waals surface area (Å²) in [5.41, 5.74) is 0.425. The van der Waals surface area contributed by atoms with Crippen LogP contribution >= 0.6 is 15.9 Å². The molecule has 0 fully saturated rings.